The van der Waals surface area contributed by atoms with Crippen LogP contribution in [-0.2, 0) is 0 Å². The van der Waals surface area contributed by atoms with E-state index >= 15 is 0 Å². The number of nitrogens with zero attached hydrogens (tertiary/aromatic N) is 1. The van der Waals surface area contributed by atoms with Gasteiger partial charge in [-0.3, -0.25) is 0 Å². The zero-order valence-electron chi connectivity index (χ0n) is 9.86. The monoisotopic (exact) mass is 236 g/mol. The Hall–Kier alpha value is -0.380. The first-order chi connectivity index (χ1) is 7.83. The van der Waals surface area contributed by atoms with Gasteiger partial charge in [0.25, 0.3) is 0 Å². The second-order valence-electron chi connectivity index (χ2n) is 5.15. The third-order valence-corrected chi connectivity index (χ3v) is 5.15. The summed E-state index contributed by atoms with van der Waals surface area (Å²) in [7, 11) is 0. The molecule has 3 saturated heterocycles. The summed E-state index contributed by atoms with van der Waals surface area (Å²) in [6.07, 6.45) is 2.80. The molecule has 2 atom stereocenters. The van der Waals surface area contributed by atoms with E-state index in [4.69, 9.17) is 0 Å². The molecule has 3 aliphatic heterocycles. The minimum atomic E-state index is 0.519. The maximum atomic E-state index is 3.82. The first-order valence-electron chi connectivity index (χ1n) is 6.35. The molecule has 1 aromatic heterocycles. The van der Waals surface area contributed by atoms with Crippen molar-refractivity contribution in [2.75, 3.05) is 19.6 Å². The summed E-state index contributed by atoms with van der Waals surface area (Å²) in [6.45, 7) is 6.22. The molecule has 2 unspecified atom stereocenters. The Labute approximate surface area is 102 Å². The molecule has 2 nitrogen and oxygen atoms in total. The zero-order valence-corrected chi connectivity index (χ0v) is 10.7. The van der Waals surface area contributed by atoms with E-state index in [0.717, 1.165) is 12.0 Å². The topological polar surface area (TPSA) is 15.3 Å². The van der Waals surface area contributed by atoms with Gasteiger partial charge in [0.15, 0.2) is 0 Å². The van der Waals surface area contributed by atoms with Crippen molar-refractivity contribution in [2.45, 2.75) is 31.8 Å². The Morgan fingerprint density at radius 3 is 2.81 bits per heavy atom. The number of fused-ring (bicyclic) bond motifs is 3. The molecule has 3 fully saturated rings. The molecule has 1 N–H and O–H groups in total. The van der Waals surface area contributed by atoms with Gasteiger partial charge in [-0.15, -0.1) is 11.3 Å². The van der Waals surface area contributed by atoms with Gasteiger partial charge in [-0.25, -0.2) is 0 Å². The van der Waals surface area contributed by atoms with Crippen molar-refractivity contribution in [1.82, 2.24) is 10.2 Å². The Morgan fingerprint density at radius 1 is 1.44 bits per heavy atom. The summed E-state index contributed by atoms with van der Waals surface area (Å²) < 4.78 is 0. The maximum absolute atomic E-state index is 3.82. The van der Waals surface area contributed by atoms with Gasteiger partial charge >= 0.3 is 0 Å². The van der Waals surface area contributed by atoms with Gasteiger partial charge in [0.2, 0.25) is 0 Å². The van der Waals surface area contributed by atoms with E-state index in [1.54, 1.807) is 0 Å². The molecule has 16 heavy (non-hydrogen) atoms. The molecule has 1 aromatic rings. The third-order valence-electron chi connectivity index (χ3n) is 4.09. The highest BCUT2D eigenvalue weighted by atomic mass is 32.1. The van der Waals surface area contributed by atoms with Crippen molar-refractivity contribution in [2.24, 2.45) is 5.92 Å². The second kappa shape index (κ2) is 4.47. The normalized spacial score (nSPS) is 35.2. The number of rotatable bonds is 3. The van der Waals surface area contributed by atoms with Crippen LogP contribution < -0.4 is 5.32 Å². The Kier molecular flexibility index (Phi) is 3.01. The van der Waals surface area contributed by atoms with Crippen molar-refractivity contribution >= 4 is 11.3 Å². The van der Waals surface area contributed by atoms with Crippen molar-refractivity contribution in [1.29, 1.82) is 0 Å². The van der Waals surface area contributed by atoms with Crippen LogP contribution >= 0.6 is 11.3 Å². The molecule has 2 bridgehead atoms. The Morgan fingerprint density at radius 2 is 2.25 bits per heavy atom. The van der Waals surface area contributed by atoms with Gasteiger partial charge in [-0.05, 0) is 50.2 Å². The van der Waals surface area contributed by atoms with Gasteiger partial charge in [-0.1, -0.05) is 6.07 Å². The van der Waals surface area contributed by atoms with Crippen molar-refractivity contribution in [3.05, 3.63) is 22.4 Å². The smallest absolute Gasteiger partial charge is 0.0388 e. The molecule has 3 heteroatoms. The molecule has 0 radical (unpaired) electrons. The van der Waals surface area contributed by atoms with E-state index < -0.39 is 0 Å². The molecule has 4 heterocycles. The van der Waals surface area contributed by atoms with Crippen LogP contribution in [0, 0.1) is 5.92 Å². The molecular weight excluding hydrogens is 216 g/mol. The fraction of sp³-hybridized carbons (Fsp3) is 0.692. The highest BCUT2D eigenvalue weighted by Gasteiger charge is 2.34. The fourth-order valence-electron chi connectivity index (χ4n) is 3.09. The van der Waals surface area contributed by atoms with Gasteiger partial charge < -0.3 is 10.2 Å². The largest absolute Gasteiger partial charge is 0.305 e. The lowest BCUT2D eigenvalue weighted by atomic mass is 9.83. The van der Waals surface area contributed by atoms with Gasteiger partial charge in [0, 0.05) is 23.5 Å². The summed E-state index contributed by atoms with van der Waals surface area (Å²) in [5.41, 5.74) is 0. The second-order valence-corrected chi connectivity index (χ2v) is 6.13. The summed E-state index contributed by atoms with van der Waals surface area (Å²) >= 11 is 1.86. The molecule has 4 rings (SSSR count). The molecular formula is C13H20N2S. The van der Waals surface area contributed by atoms with Crippen LogP contribution in [0.3, 0.4) is 0 Å². The van der Waals surface area contributed by atoms with Gasteiger partial charge in [-0.2, -0.15) is 0 Å². The SMILES string of the molecule is CC(NC1CN2CCC1CC2)c1cccs1. The van der Waals surface area contributed by atoms with E-state index in [9.17, 15) is 0 Å². The average Bonchev–Trinajstić information content (AvgIpc) is 2.84. The first kappa shape index (κ1) is 10.8. The number of hydrogen-bond donors (Lipinski definition) is 1. The van der Waals surface area contributed by atoms with E-state index in [-0.39, 0.29) is 0 Å². The number of piperidine rings is 3. The zero-order chi connectivity index (χ0) is 11.0. The van der Waals surface area contributed by atoms with Crippen LogP contribution in [0.5, 0.6) is 0 Å². The van der Waals surface area contributed by atoms with Crippen LogP contribution in [-0.4, -0.2) is 30.6 Å². The highest BCUT2D eigenvalue weighted by Crippen LogP contribution is 2.29. The van der Waals surface area contributed by atoms with Crippen LogP contribution in [0.2, 0.25) is 0 Å². The summed E-state index contributed by atoms with van der Waals surface area (Å²) in [4.78, 5) is 4.08. The predicted molar refractivity (Wildman–Crippen MR) is 68.8 cm³/mol. The molecule has 0 spiro atoms. The average molecular weight is 236 g/mol. The van der Waals surface area contributed by atoms with Gasteiger partial charge in [0.1, 0.15) is 0 Å². The third kappa shape index (κ3) is 2.04. The summed E-state index contributed by atoms with van der Waals surface area (Å²) in [6, 6.07) is 5.63. The van der Waals surface area contributed by atoms with Crippen LogP contribution in [0.1, 0.15) is 30.7 Å². The Balaban J connectivity index is 1.62. The van der Waals surface area contributed by atoms with E-state index in [1.807, 2.05) is 11.3 Å². The van der Waals surface area contributed by atoms with E-state index in [0.29, 0.717) is 6.04 Å². The first-order valence-corrected chi connectivity index (χ1v) is 7.22. The lowest BCUT2D eigenvalue weighted by Gasteiger charge is -2.46. The summed E-state index contributed by atoms with van der Waals surface area (Å²) in [5, 5.41) is 5.99. The van der Waals surface area contributed by atoms with Crippen molar-refractivity contribution in [3.8, 4) is 0 Å². The molecule has 0 aliphatic carbocycles. The van der Waals surface area contributed by atoms with Crippen LogP contribution in [0.4, 0.5) is 0 Å². The number of thiophene rings is 1. The minimum absolute atomic E-state index is 0.519. The van der Waals surface area contributed by atoms with Crippen LogP contribution in [0.15, 0.2) is 17.5 Å². The van der Waals surface area contributed by atoms with Gasteiger partial charge in [0.05, 0.1) is 0 Å². The Bertz CT molecular complexity index is 328. The number of hydrogen-bond acceptors (Lipinski definition) is 3. The molecule has 3 aliphatic rings. The standard InChI is InChI=1S/C13H20N2S/c1-10(13-3-2-8-16-13)14-12-9-15-6-4-11(12)5-7-15/h2-3,8,10-12,14H,4-7,9H2,1H3. The predicted octanol–water partition coefficient (Wildman–Crippen LogP) is 2.49. The quantitative estimate of drug-likeness (QED) is 0.867. The summed E-state index contributed by atoms with van der Waals surface area (Å²) in [5.74, 6) is 0.924. The van der Waals surface area contributed by atoms with E-state index in [1.165, 1.54) is 37.4 Å². The minimum Gasteiger partial charge on any atom is -0.305 e. The van der Waals surface area contributed by atoms with Crippen LogP contribution in [0.25, 0.3) is 0 Å². The van der Waals surface area contributed by atoms with Crippen molar-refractivity contribution in [3.63, 3.8) is 0 Å². The fourth-order valence-corrected chi connectivity index (χ4v) is 3.84. The van der Waals surface area contributed by atoms with E-state index in [2.05, 4.69) is 34.7 Å². The molecule has 0 saturated carbocycles. The number of nitrogens with one attached hydrogen (secondary N) is 1. The lowest BCUT2D eigenvalue weighted by Crippen LogP contribution is -2.56. The molecule has 0 aromatic carbocycles. The lowest BCUT2D eigenvalue weighted by molar-refractivity contribution is 0.0682. The molecule has 0 amide bonds. The molecule has 88 valence electrons. The van der Waals surface area contributed by atoms with Crippen molar-refractivity contribution < 1.29 is 0 Å². The maximum Gasteiger partial charge on any atom is 0.0388 e. The highest BCUT2D eigenvalue weighted by molar-refractivity contribution is 7.10.